The van der Waals surface area contributed by atoms with Crippen molar-refractivity contribution in [3.8, 4) is 0 Å². The van der Waals surface area contributed by atoms with Gasteiger partial charge >= 0.3 is 0 Å². The zero-order valence-electron chi connectivity index (χ0n) is 33.1. The van der Waals surface area contributed by atoms with Gasteiger partial charge in [0.25, 0.3) is 0 Å². The molecule has 0 spiro atoms. The van der Waals surface area contributed by atoms with Gasteiger partial charge in [0.2, 0.25) is 0 Å². The highest BCUT2D eigenvalue weighted by Gasteiger charge is 2.44. The molecule has 272 valence electrons. The molecular weight excluding hydrogens is 625 g/mol. The molecule has 4 rings (SSSR count). The third kappa shape index (κ3) is 8.49. The van der Waals surface area contributed by atoms with Crippen LogP contribution in [0.2, 0.25) is 0 Å². The molecule has 2 aromatic carbocycles. The van der Waals surface area contributed by atoms with E-state index in [2.05, 4.69) is 133 Å². The van der Waals surface area contributed by atoms with Crippen molar-refractivity contribution < 1.29 is 9.15 Å². The highest BCUT2D eigenvalue weighted by molar-refractivity contribution is 5.80. The second kappa shape index (κ2) is 18.4. The van der Waals surface area contributed by atoms with Crippen molar-refractivity contribution in [1.82, 2.24) is 0 Å². The van der Waals surface area contributed by atoms with Crippen molar-refractivity contribution in [2.75, 3.05) is 49.1 Å². The fourth-order valence-electron chi connectivity index (χ4n) is 8.23. The largest absolute Gasteiger partial charge is 0.344 e. The van der Waals surface area contributed by atoms with Crippen LogP contribution in [0.15, 0.2) is 59.9 Å². The number of hydrogen-bond acceptors (Lipinski definition) is 2. The fourth-order valence-corrected chi connectivity index (χ4v) is 8.23. The second-order valence-electron chi connectivity index (χ2n) is 14.7. The lowest BCUT2D eigenvalue weighted by Crippen LogP contribution is -2.31. The zero-order valence-corrected chi connectivity index (χ0v) is 33.1. The number of unbranched alkanes of at least 4 members (excludes halogenated alkanes) is 4. The molecular formula is C45H64N6+2. The van der Waals surface area contributed by atoms with Gasteiger partial charge in [0.15, 0.2) is 23.8 Å². The number of fused-ring (bicyclic) bond motifs is 2. The van der Waals surface area contributed by atoms with Crippen LogP contribution < -0.4 is 9.80 Å². The minimum absolute atomic E-state index is 0.122. The van der Waals surface area contributed by atoms with E-state index in [9.17, 15) is 0 Å². The van der Waals surface area contributed by atoms with Crippen LogP contribution >= 0.6 is 0 Å². The summed E-state index contributed by atoms with van der Waals surface area (Å²) in [6, 6.07) is 12.7. The van der Waals surface area contributed by atoms with Gasteiger partial charge in [-0.25, -0.2) is 18.8 Å². The maximum Gasteiger partial charge on any atom is 0.187 e. The van der Waals surface area contributed by atoms with Gasteiger partial charge in [-0.1, -0.05) is 63.8 Å². The van der Waals surface area contributed by atoms with Crippen LogP contribution in [-0.4, -0.2) is 60.8 Å². The van der Waals surface area contributed by atoms with Crippen LogP contribution in [-0.2, 0) is 10.8 Å². The smallest absolute Gasteiger partial charge is 0.187 e. The van der Waals surface area contributed by atoms with E-state index in [4.69, 9.17) is 13.1 Å². The Morgan fingerprint density at radius 3 is 1.31 bits per heavy atom. The van der Waals surface area contributed by atoms with Crippen LogP contribution in [0.25, 0.3) is 9.69 Å². The van der Waals surface area contributed by atoms with Gasteiger partial charge in [-0.15, -0.1) is 0 Å². The molecule has 0 aliphatic carbocycles. The summed E-state index contributed by atoms with van der Waals surface area (Å²) in [4.78, 5) is 12.8. The molecule has 6 nitrogen and oxygen atoms in total. The number of anilines is 2. The Balaban J connectivity index is 1.62. The molecule has 0 radical (unpaired) electrons. The lowest BCUT2D eigenvalue weighted by Gasteiger charge is -2.31. The Morgan fingerprint density at radius 1 is 0.588 bits per heavy atom. The first-order chi connectivity index (χ1) is 24.7. The van der Waals surface area contributed by atoms with Crippen LogP contribution in [0.5, 0.6) is 0 Å². The van der Waals surface area contributed by atoms with Crippen LogP contribution in [0, 0.1) is 13.1 Å². The van der Waals surface area contributed by atoms with Crippen molar-refractivity contribution in [2.45, 2.75) is 124 Å². The number of hydrogen-bond donors (Lipinski definition) is 0. The van der Waals surface area contributed by atoms with Gasteiger partial charge in [0, 0.05) is 58.8 Å². The second-order valence-corrected chi connectivity index (χ2v) is 14.7. The van der Waals surface area contributed by atoms with E-state index in [1.165, 1.54) is 33.9 Å². The Kier molecular flexibility index (Phi) is 14.3. The predicted molar refractivity (Wildman–Crippen MR) is 219 cm³/mol. The van der Waals surface area contributed by atoms with E-state index in [0.29, 0.717) is 0 Å². The standard InChI is InChI=1S/C45H64N6/c1-11-17-28-44(7)38-34-36(46-9)22-24-40(38)50(42(44)26-32-48(13-3)14-4)30-20-19-21-31-51-41-25-23-37(47-10)35-39(41)45(8,29-18-12-2)43(51)27-33-49(15-5)16-6/h22-27,32-35H,11-21,28-31H2,1-8H3/q+2. The molecule has 0 amide bonds. The SMILES string of the molecule is [C-]#[N+]c1ccc2c(c1)C(C)(CCCC)/C(=C\C=[N+](CC)CC)N2CCCCCN1/C(=C/C=[N+](CC)CC)C(C)(CCCC)c2cc([N+]#[C-])ccc21. The van der Waals surface area contributed by atoms with Gasteiger partial charge < -0.3 is 9.80 Å². The molecule has 2 heterocycles. The molecule has 0 N–H and O–H groups in total. The monoisotopic (exact) mass is 689 g/mol. The van der Waals surface area contributed by atoms with Gasteiger partial charge in [-0.2, -0.15) is 0 Å². The molecule has 0 fully saturated rings. The number of benzene rings is 2. The molecule has 2 aliphatic rings. The normalized spacial score (nSPS) is 20.7. The summed E-state index contributed by atoms with van der Waals surface area (Å²) in [7, 11) is 0. The van der Waals surface area contributed by atoms with E-state index in [1.807, 2.05) is 12.1 Å². The van der Waals surface area contributed by atoms with Crippen LogP contribution in [0.4, 0.5) is 22.7 Å². The molecule has 2 atom stereocenters. The number of nitrogens with zero attached hydrogens (tertiary/aromatic N) is 6. The van der Waals surface area contributed by atoms with Crippen molar-refractivity contribution in [3.05, 3.63) is 93.9 Å². The first kappa shape index (κ1) is 39.6. The molecule has 2 aliphatic heterocycles. The number of allylic oxidation sites excluding steroid dienone is 4. The molecule has 2 aromatic rings. The minimum Gasteiger partial charge on any atom is -0.344 e. The summed E-state index contributed by atoms with van der Waals surface area (Å²) in [6.45, 7) is 39.6. The van der Waals surface area contributed by atoms with E-state index in [0.717, 1.165) is 108 Å². The van der Waals surface area contributed by atoms with Gasteiger partial charge in [-0.05, 0) is 96.9 Å². The van der Waals surface area contributed by atoms with Crippen molar-refractivity contribution in [1.29, 1.82) is 0 Å². The summed E-state index contributed by atoms with van der Waals surface area (Å²) in [5.41, 5.74) is 9.11. The Bertz CT molecular complexity index is 1580. The Hall–Kier alpha value is -4.16. The summed E-state index contributed by atoms with van der Waals surface area (Å²) in [5, 5.41) is 0. The molecule has 2 unspecified atom stereocenters. The molecule has 0 bridgehead atoms. The highest BCUT2D eigenvalue weighted by atomic mass is 15.2. The van der Waals surface area contributed by atoms with E-state index < -0.39 is 0 Å². The average Bonchev–Trinajstić information content (AvgIpc) is 3.53. The first-order valence-corrected chi connectivity index (χ1v) is 19.9. The van der Waals surface area contributed by atoms with E-state index in [-0.39, 0.29) is 10.8 Å². The van der Waals surface area contributed by atoms with E-state index in [1.54, 1.807) is 0 Å². The number of rotatable bonds is 18. The minimum atomic E-state index is -0.122. The topological polar surface area (TPSA) is 21.2 Å². The molecule has 0 saturated heterocycles. The lowest BCUT2D eigenvalue weighted by molar-refractivity contribution is -0.515. The van der Waals surface area contributed by atoms with Gasteiger partial charge in [0.1, 0.15) is 26.2 Å². The summed E-state index contributed by atoms with van der Waals surface area (Å²) in [6.07, 6.45) is 19.4. The summed E-state index contributed by atoms with van der Waals surface area (Å²) in [5.74, 6) is 0. The maximum absolute atomic E-state index is 7.75. The summed E-state index contributed by atoms with van der Waals surface area (Å²) >= 11 is 0. The van der Waals surface area contributed by atoms with Crippen molar-refractivity contribution >= 4 is 35.2 Å². The van der Waals surface area contributed by atoms with Crippen molar-refractivity contribution in [3.63, 3.8) is 0 Å². The van der Waals surface area contributed by atoms with Crippen molar-refractivity contribution in [2.24, 2.45) is 0 Å². The molecule has 0 aromatic heterocycles. The first-order valence-electron chi connectivity index (χ1n) is 19.9. The highest BCUT2D eigenvalue weighted by Crippen LogP contribution is 2.53. The summed E-state index contributed by atoms with van der Waals surface area (Å²) < 4.78 is 4.73. The third-order valence-corrected chi connectivity index (χ3v) is 11.5. The lowest BCUT2D eigenvalue weighted by atomic mass is 9.77. The predicted octanol–water partition coefficient (Wildman–Crippen LogP) is 11.2. The molecule has 6 heteroatoms. The molecule has 51 heavy (non-hydrogen) atoms. The van der Waals surface area contributed by atoms with Crippen LogP contribution in [0.3, 0.4) is 0 Å². The van der Waals surface area contributed by atoms with Gasteiger partial charge in [0.05, 0.1) is 13.1 Å². The van der Waals surface area contributed by atoms with Gasteiger partial charge in [-0.3, -0.25) is 0 Å². The third-order valence-electron chi connectivity index (χ3n) is 11.5. The van der Waals surface area contributed by atoms with E-state index >= 15 is 0 Å². The fraction of sp³-hybridized carbons (Fsp3) is 0.556. The maximum atomic E-state index is 7.75. The Morgan fingerprint density at radius 2 is 0.980 bits per heavy atom. The quantitative estimate of drug-likeness (QED) is 0.0673. The Labute approximate surface area is 310 Å². The average molecular weight is 689 g/mol. The zero-order chi connectivity index (χ0) is 37.0. The van der Waals surface area contributed by atoms with Crippen LogP contribution in [0.1, 0.15) is 124 Å². The molecule has 0 saturated carbocycles.